The second-order valence-electron chi connectivity index (χ2n) is 7.62. The molecule has 0 aliphatic heterocycles. The van der Waals surface area contributed by atoms with Crippen LogP contribution < -0.4 is 0 Å². The molecule has 0 amide bonds. The van der Waals surface area contributed by atoms with Crippen LogP contribution in [-0.2, 0) is 28.6 Å². The highest BCUT2D eigenvalue weighted by Crippen LogP contribution is 2.43. The minimum absolute atomic E-state index is 0.0197. The van der Waals surface area contributed by atoms with Crippen molar-refractivity contribution in [3.8, 4) is 0 Å². The maximum absolute atomic E-state index is 12.4. The van der Waals surface area contributed by atoms with Crippen molar-refractivity contribution in [2.75, 3.05) is 13.2 Å². The van der Waals surface area contributed by atoms with E-state index < -0.39 is 31.8 Å². The van der Waals surface area contributed by atoms with Gasteiger partial charge in [0.2, 0.25) is 0 Å². The van der Waals surface area contributed by atoms with Gasteiger partial charge in [-0.05, 0) is 51.0 Å². The monoisotopic (exact) mass is 440 g/mol. The van der Waals surface area contributed by atoms with Gasteiger partial charge in [-0.15, -0.1) is 0 Å². The molecule has 0 spiro atoms. The zero-order valence-electron chi connectivity index (χ0n) is 16.2. The summed E-state index contributed by atoms with van der Waals surface area (Å²) in [5, 5.41) is 9.73. The van der Waals surface area contributed by atoms with Gasteiger partial charge in [0.05, 0.1) is 29.1 Å². The summed E-state index contributed by atoms with van der Waals surface area (Å²) >= 11 is 0. The molecule has 7 nitrogen and oxygen atoms in total. The lowest BCUT2D eigenvalue weighted by Gasteiger charge is -2.44. The van der Waals surface area contributed by atoms with Crippen LogP contribution in [-0.4, -0.2) is 41.3 Å². The molecule has 1 saturated carbocycles. The van der Waals surface area contributed by atoms with Gasteiger partial charge >= 0.3 is 0 Å². The Hall–Kier alpha value is -1.78. The van der Waals surface area contributed by atoms with Crippen LogP contribution in [0.5, 0.6) is 0 Å². The Morgan fingerprint density at radius 3 is 1.45 bits per heavy atom. The highest BCUT2D eigenvalue weighted by molar-refractivity contribution is 7.87. The summed E-state index contributed by atoms with van der Waals surface area (Å²) in [7, 11) is -8.00. The minimum atomic E-state index is -4.00. The average molecular weight is 441 g/mol. The van der Waals surface area contributed by atoms with Crippen molar-refractivity contribution >= 4 is 20.2 Å². The smallest absolute Gasteiger partial charge is 0.296 e. The van der Waals surface area contributed by atoms with Crippen LogP contribution in [0.4, 0.5) is 0 Å². The molecule has 29 heavy (non-hydrogen) atoms. The zero-order chi connectivity index (χ0) is 21.3. The number of aliphatic hydroxyl groups is 1. The first kappa shape index (κ1) is 21.9. The normalized spacial score (nSPS) is 17.1. The molecule has 2 aromatic carbocycles. The predicted octanol–water partition coefficient (Wildman–Crippen LogP) is 2.56. The van der Waals surface area contributed by atoms with E-state index in [1.807, 2.05) is 13.8 Å². The third-order valence-electron chi connectivity index (χ3n) is 5.00. The lowest BCUT2D eigenvalue weighted by atomic mass is 9.68. The van der Waals surface area contributed by atoms with Crippen molar-refractivity contribution < 1.29 is 30.3 Å². The fraction of sp³-hybridized carbons (Fsp3) is 0.400. The molecule has 1 N–H and O–H groups in total. The van der Waals surface area contributed by atoms with Crippen LogP contribution in [0.2, 0.25) is 0 Å². The predicted molar refractivity (Wildman–Crippen MR) is 106 cm³/mol. The van der Waals surface area contributed by atoms with E-state index in [0.29, 0.717) is 0 Å². The van der Waals surface area contributed by atoms with Crippen LogP contribution >= 0.6 is 0 Å². The number of hydrogen-bond donors (Lipinski definition) is 1. The average Bonchev–Trinajstić information content (AvgIpc) is 2.64. The Balaban J connectivity index is 1.68. The topological polar surface area (TPSA) is 107 Å². The Morgan fingerprint density at radius 1 is 0.793 bits per heavy atom. The van der Waals surface area contributed by atoms with Gasteiger partial charge in [-0.2, -0.15) is 16.8 Å². The van der Waals surface area contributed by atoms with Crippen molar-refractivity contribution in [2.45, 2.75) is 42.6 Å². The molecule has 9 heteroatoms. The van der Waals surface area contributed by atoms with E-state index in [2.05, 4.69) is 0 Å². The quantitative estimate of drug-likeness (QED) is 0.629. The van der Waals surface area contributed by atoms with Crippen LogP contribution in [0, 0.1) is 19.3 Å². The van der Waals surface area contributed by atoms with Crippen LogP contribution in [0.15, 0.2) is 58.3 Å². The summed E-state index contributed by atoms with van der Waals surface area (Å²) in [6.07, 6.45) is -0.258. The molecule has 1 aliphatic rings. The molecule has 158 valence electrons. The molecule has 1 fully saturated rings. The molecule has 0 bridgehead atoms. The van der Waals surface area contributed by atoms with Gasteiger partial charge in [0.15, 0.2) is 0 Å². The van der Waals surface area contributed by atoms with Crippen LogP contribution in [0.1, 0.15) is 24.0 Å². The highest BCUT2D eigenvalue weighted by Gasteiger charge is 2.46. The van der Waals surface area contributed by atoms with E-state index in [1.165, 1.54) is 24.3 Å². The van der Waals surface area contributed by atoms with E-state index in [4.69, 9.17) is 8.37 Å². The van der Waals surface area contributed by atoms with Crippen molar-refractivity contribution in [1.29, 1.82) is 0 Å². The standard InChI is InChI=1S/C20H24O7S2/c1-15-3-7-18(8-4-15)28(22,23)26-13-20(11-17(21)12-20)14-27-29(24,25)19-9-5-16(2)6-10-19/h3-10,17,21H,11-14H2,1-2H3. The fourth-order valence-electron chi connectivity index (χ4n) is 3.17. The molecule has 0 aromatic heterocycles. The second-order valence-corrected chi connectivity index (χ2v) is 10.9. The molecular formula is C20H24O7S2. The van der Waals surface area contributed by atoms with Crippen LogP contribution in [0.3, 0.4) is 0 Å². The van der Waals surface area contributed by atoms with Gasteiger partial charge in [0.25, 0.3) is 20.2 Å². The fourth-order valence-corrected chi connectivity index (χ4v) is 5.19. The molecule has 3 rings (SSSR count). The molecule has 0 unspecified atom stereocenters. The molecule has 0 heterocycles. The van der Waals surface area contributed by atoms with Gasteiger partial charge in [-0.25, -0.2) is 0 Å². The summed E-state index contributed by atoms with van der Waals surface area (Å²) in [6.45, 7) is 3.13. The first-order valence-electron chi connectivity index (χ1n) is 9.12. The maximum atomic E-state index is 12.4. The van der Waals surface area contributed by atoms with Gasteiger partial charge in [-0.1, -0.05) is 35.4 Å². The number of aliphatic hydroxyl groups excluding tert-OH is 1. The van der Waals surface area contributed by atoms with Crippen molar-refractivity contribution in [3.63, 3.8) is 0 Å². The summed E-state index contributed by atoms with van der Waals surface area (Å²) in [6, 6.07) is 12.5. The van der Waals surface area contributed by atoms with Gasteiger partial charge in [-0.3, -0.25) is 8.37 Å². The Bertz CT molecular complexity index is 969. The Labute approximate surface area is 171 Å². The summed E-state index contributed by atoms with van der Waals surface area (Å²) in [5.74, 6) is 0. The Morgan fingerprint density at radius 2 is 1.14 bits per heavy atom. The van der Waals surface area contributed by atoms with Gasteiger partial charge in [0.1, 0.15) is 0 Å². The first-order valence-corrected chi connectivity index (χ1v) is 11.9. The number of benzene rings is 2. The maximum Gasteiger partial charge on any atom is 0.296 e. The summed E-state index contributed by atoms with van der Waals surface area (Å²) < 4.78 is 60.1. The van der Waals surface area contributed by atoms with Crippen molar-refractivity contribution in [3.05, 3.63) is 59.7 Å². The lowest BCUT2D eigenvalue weighted by molar-refractivity contribution is -0.0789. The third kappa shape index (κ3) is 5.23. The molecule has 0 radical (unpaired) electrons. The number of rotatable bonds is 8. The first-order chi connectivity index (χ1) is 13.5. The molecule has 0 saturated heterocycles. The zero-order valence-corrected chi connectivity index (χ0v) is 17.9. The van der Waals surface area contributed by atoms with Gasteiger partial charge in [0, 0.05) is 5.41 Å². The molecule has 0 atom stereocenters. The molecule has 2 aromatic rings. The SMILES string of the molecule is Cc1ccc(S(=O)(=O)OCC2(COS(=O)(=O)c3ccc(C)cc3)CC(O)C2)cc1. The largest absolute Gasteiger partial charge is 0.393 e. The summed E-state index contributed by atoms with van der Waals surface area (Å²) in [4.78, 5) is 0.0395. The number of aryl methyl sites for hydroxylation is 2. The third-order valence-corrected chi connectivity index (χ3v) is 7.55. The van der Waals surface area contributed by atoms with Crippen molar-refractivity contribution in [1.82, 2.24) is 0 Å². The van der Waals surface area contributed by atoms with Crippen LogP contribution in [0.25, 0.3) is 0 Å². The molecule has 1 aliphatic carbocycles. The second kappa shape index (κ2) is 8.16. The lowest BCUT2D eigenvalue weighted by Crippen LogP contribution is -2.48. The van der Waals surface area contributed by atoms with Crippen molar-refractivity contribution in [2.24, 2.45) is 5.41 Å². The molecular weight excluding hydrogens is 416 g/mol. The number of hydrogen-bond acceptors (Lipinski definition) is 7. The van der Waals surface area contributed by atoms with E-state index in [1.54, 1.807) is 24.3 Å². The minimum Gasteiger partial charge on any atom is -0.393 e. The Kier molecular flexibility index (Phi) is 6.16. The summed E-state index contributed by atoms with van der Waals surface area (Å²) in [5.41, 5.74) is 0.934. The highest BCUT2D eigenvalue weighted by atomic mass is 32.2. The van der Waals surface area contributed by atoms with E-state index in [0.717, 1.165) is 11.1 Å². The van der Waals surface area contributed by atoms with Gasteiger partial charge < -0.3 is 5.11 Å². The van der Waals surface area contributed by atoms with E-state index in [9.17, 15) is 21.9 Å². The van der Waals surface area contributed by atoms with E-state index in [-0.39, 0.29) is 35.8 Å². The van der Waals surface area contributed by atoms with E-state index >= 15 is 0 Å².